The van der Waals surface area contributed by atoms with Crippen molar-refractivity contribution in [3.63, 3.8) is 0 Å². The minimum absolute atomic E-state index is 0.164. The van der Waals surface area contributed by atoms with Gasteiger partial charge in [-0.2, -0.15) is 0 Å². The molecule has 1 unspecified atom stereocenters. The zero-order chi connectivity index (χ0) is 19.6. The van der Waals surface area contributed by atoms with Crippen molar-refractivity contribution >= 4 is 11.8 Å². The first-order valence-electron chi connectivity index (χ1n) is 8.86. The minimum Gasteiger partial charge on any atom is -0.454 e. The highest BCUT2D eigenvalue weighted by molar-refractivity contribution is 5.98. The van der Waals surface area contributed by atoms with Crippen molar-refractivity contribution in [3.8, 4) is 11.5 Å². The standard InChI is InChI=1S/C21H24N2O4/c1-13(16-9-10-17-18(11-16)27-12-26-17)22-19(24)14-5-7-15(8-6-14)20(25)23-21(2,3)4/h5-11,13H,12H2,1-4H3,(H,22,24)(H,23,25). The summed E-state index contributed by atoms with van der Waals surface area (Å²) >= 11 is 0. The zero-order valence-electron chi connectivity index (χ0n) is 16.0. The van der Waals surface area contributed by atoms with Crippen molar-refractivity contribution in [1.82, 2.24) is 10.6 Å². The SMILES string of the molecule is CC(NC(=O)c1ccc(C(=O)NC(C)(C)C)cc1)c1ccc2c(c1)OCO2. The maximum absolute atomic E-state index is 12.5. The summed E-state index contributed by atoms with van der Waals surface area (Å²) in [5.74, 6) is 1.02. The van der Waals surface area contributed by atoms with Crippen LogP contribution in [0.4, 0.5) is 0 Å². The molecule has 2 aromatic carbocycles. The molecule has 0 aliphatic carbocycles. The summed E-state index contributed by atoms with van der Waals surface area (Å²) < 4.78 is 10.7. The summed E-state index contributed by atoms with van der Waals surface area (Å²) in [6.45, 7) is 7.88. The molecule has 6 heteroatoms. The molecule has 0 saturated heterocycles. The van der Waals surface area contributed by atoms with E-state index >= 15 is 0 Å². The topological polar surface area (TPSA) is 76.7 Å². The molecule has 2 aromatic rings. The van der Waals surface area contributed by atoms with E-state index in [1.165, 1.54) is 0 Å². The molecular formula is C21H24N2O4. The first kappa shape index (κ1) is 18.8. The summed E-state index contributed by atoms with van der Waals surface area (Å²) in [7, 11) is 0. The number of amides is 2. The van der Waals surface area contributed by atoms with Crippen molar-refractivity contribution in [2.75, 3.05) is 6.79 Å². The molecule has 2 N–H and O–H groups in total. The molecule has 27 heavy (non-hydrogen) atoms. The smallest absolute Gasteiger partial charge is 0.251 e. The average Bonchev–Trinajstić information content (AvgIpc) is 3.08. The predicted molar refractivity (Wildman–Crippen MR) is 102 cm³/mol. The van der Waals surface area contributed by atoms with Crippen molar-refractivity contribution in [1.29, 1.82) is 0 Å². The van der Waals surface area contributed by atoms with Crippen LogP contribution in [0, 0.1) is 0 Å². The van der Waals surface area contributed by atoms with Gasteiger partial charge in [0.1, 0.15) is 0 Å². The Balaban J connectivity index is 1.64. The van der Waals surface area contributed by atoms with Gasteiger partial charge in [0.05, 0.1) is 6.04 Å². The van der Waals surface area contributed by atoms with Crippen LogP contribution >= 0.6 is 0 Å². The van der Waals surface area contributed by atoms with Gasteiger partial charge in [0.2, 0.25) is 6.79 Å². The number of nitrogens with one attached hydrogen (secondary N) is 2. The highest BCUT2D eigenvalue weighted by Crippen LogP contribution is 2.34. The first-order valence-corrected chi connectivity index (χ1v) is 8.86. The Labute approximate surface area is 158 Å². The van der Waals surface area contributed by atoms with E-state index in [1.54, 1.807) is 24.3 Å². The van der Waals surface area contributed by atoms with Crippen LogP contribution in [0.25, 0.3) is 0 Å². The van der Waals surface area contributed by atoms with Crippen LogP contribution in [0.15, 0.2) is 42.5 Å². The van der Waals surface area contributed by atoms with Gasteiger partial charge in [0.25, 0.3) is 11.8 Å². The molecule has 2 amide bonds. The van der Waals surface area contributed by atoms with Gasteiger partial charge in [0.15, 0.2) is 11.5 Å². The summed E-state index contributed by atoms with van der Waals surface area (Å²) in [6, 6.07) is 12.0. The third kappa shape index (κ3) is 4.58. The van der Waals surface area contributed by atoms with Crippen LogP contribution in [0.5, 0.6) is 11.5 Å². The van der Waals surface area contributed by atoms with E-state index in [1.807, 2.05) is 45.9 Å². The third-order valence-electron chi connectivity index (χ3n) is 4.14. The Morgan fingerprint density at radius 2 is 1.52 bits per heavy atom. The van der Waals surface area contributed by atoms with E-state index in [2.05, 4.69) is 10.6 Å². The normalized spacial score (nSPS) is 13.8. The number of benzene rings is 2. The van der Waals surface area contributed by atoms with Crippen LogP contribution in [0.3, 0.4) is 0 Å². The zero-order valence-corrected chi connectivity index (χ0v) is 16.0. The Morgan fingerprint density at radius 1 is 0.926 bits per heavy atom. The van der Waals surface area contributed by atoms with Crippen molar-refractivity contribution in [3.05, 3.63) is 59.2 Å². The van der Waals surface area contributed by atoms with Gasteiger partial charge in [0, 0.05) is 16.7 Å². The molecule has 1 atom stereocenters. The van der Waals surface area contributed by atoms with Gasteiger partial charge in [-0.05, 0) is 69.7 Å². The Hall–Kier alpha value is -3.02. The maximum Gasteiger partial charge on any atom is 0.251 e. The second-order valence-corrected chi connectivity index (χ2v) is 7.59. The second-order valence-electron chi connectivity index (χ2n) is 7.59. The van der Waals surface area contributed by atoms with Gasteiger partial charge in [-0.25, -0.2) is 0 Å². The van der Waals surface area contributed by atoms with Crippen molar-refractivity contribution < 1.29 is 19.1 Å². The highest BCUT2D eigenvalue weighted by Gasteiger charge is 2.18. The molecule has 1 heterocycles. The highest BCUT2D eigenvalue weighted by atomic mass is 16.7. The molecule has 1 aliphatic rings. The second kappa shape index (κ2) is 7.31. The van der Waals surface area contributed by atoms with E-state index in [-0.39, 0.29) is 30.2 Å². The number of hydrogen-bond donors (Lipinski definition) is 2. The van der Waals surface area contributed by atoms with Crippen LogP contribution < -0.4 is 20.1 Å². The maximum atomic E-state index is 12.5. The van der Waals surface area contributed by atoms with Gasteiger partial charge in [-0.15, -0.1) is 0 Å². The summed E-state index contributed by atoms with van der Waals surface area (Å²) in [5, 5.41) is 5.85. The van der Waals surface area contributed by atoms with Gasteiger partial charge in [-0.1, -0.05) is 6.07 Å². The number of hydrogen-bond acceptors (Lipinski definition) is 4. The molecule has 0 aromatic heterocycles. The lowest BCUT2D eigenvalue weighted by Gasteiger charge is -2.20. The van der Waals surface area contributed by atoms with E-state index in [9.17, 15) is 9.59 Å². The molecule has 0 spiro atoms. The summed E-state index contributed by atoms with van der Waals surface area (Å²) in [6.07, 6.45) is 0. The van der Waals surface area contributed by atoms with E-state index < -0.39 is 0 Å². The van der Waals surface area contributed by atoms with Gasteiger partial charge < -0.3 is 20.1 Å². The van der Waals surface area contributed by atoms with Gasteiger partial charge in [-0.3, -0.25) is 9.59 Å². The monoisotopic (exact) mass is 368 g/mol. The Kier molecular flexibility index (Phi) is 5.08. The molecule has 6 nitrogen and oxygen atoms in total. The number of carbonyl (C=O) groups excluding carboxylic acids is 2. The van der Waals surface area contributed by atoms with Crippen molar-refractivity contribution in [2.45, 2.75) is 39.3 Å². The fourth-order valence-corrected chi connectivity index (χ4v) is 2.73. The molecule has 0 fully saturated rings. The number of carbonyl (C=O) groups is 2. The molecule has 3 rings (SSSR count). The number of rotatable bonds is 4. The predicted octanol–water partition coefficient (Wildman–Crippen LogP) is 3.43. The van der Waals surface area contributed by atoms with Crippen LogP contribution in [0.2, 0.25) is 0 Å². The summed E-state index contributed by atoms with van der Waals surface area (Å²) in [5.41, 5.74) is 1.63. The Bertz CT molecular complexity index is 853. The minimum atomic E-state index is -0.312. The van der Waals surface area contributed by atoms with Crippen LogP contribution in [-0.4, -0.2) is 24.1 Å². The summed E-state index contributed by atoms with van der Waals surface area (Å²) in [4.78, 5) is 24.7. The largest absolute Gasteiger partial charge is 0.454 e. The molecular weight excluding hydrogens is 344 g/mol. The first-order chi connectivity index (χ1) is 12.7. The fraction of sp³-hybridized carbons (Fsp3) is 0.333. The quantitative estimate of drug-likeness (QED) is 0.867. The molecule has 0 bridgehead atoms. The van der Waals surface area contributed by atoms with Crippen molar-refractivity contribution in [2.24, 2.45) is 0 Å². The molecule has 0 saturated carbocycles. The number of fused-ring (bicyclic) bond motifs is 1. The lowest BCUT2D eigenvalue weighted by atomic mass is 10.1. The third-order valence-corrected chi connectivity index (χ3v) is 4.14. The molecule has 142 valence electrons. The van der Waals surface area contributed by atoms with E-state index in [0.29, 0.717) is 22.6 Å². The van der Waals surface area contributed by atoms with E-state index in [4.69, 9.17) is 9.47 Å². The lowest BCUT2D eigenvalue weighted by Crippen LogP contribution is -2.40. The number of ether oxygens (including phenoxy) is 2. The van der Waals surface area contributed by atoms with E-state index in [0.717, 1.165) is 5.56 Å². The van der Waals surface area contributed by atoms with Crippen LogP contribution in [-0.2, 0) is 0 Å². The van der Waals surface area contributed by atoms with Gasteiger partial charge >= 0.3 is 0 Å². The van der Waals surface area contributed by atoms with Crippen LogP contribution in [0.1, 0.15) is 60.0 Å². The Morgan fingerprint density at radius 3 is 2.15 bits per heavy atom. The average molecular weight is 368 g/mol. The lowest BCUT2D eigenvalue weighted by molar-refractivity contribution is 0.0913. The molecule has 0 radical (unpaired) electrons. The molecule has 1 aliphatic heterocycles. The fourth-order valence-electron chi connectivity index (χ4n) is 2.73.